The summed E-state index contributed by atoms with van der Waals surface area (Å²) in [5.74, 6) is 1.22. The molecule has 1 unspecified atom stereocenters. The van der Waals surface area contributed by atoms with Gasteiger partial charge in [-0.05, 0) is 13.0 Å². The van der Waals surface area contributed by atoms with Crippen LogP contribution in [0.25, 0.3) is 5.69 Å². The van der Waals surface area contributed by atoms with Crippen molar-refractivity contribution in [2.24, 2.45) is 0 Å². The summed E-state index contributed by atoms with van der Waals surface area (Å²) in [6.45, 7) is 7.10. The lowest BCUT2D eigenvalue weighted by Gasteiger charge is -2.15. The molecule has 1 aromatic heterocycles. The molecular weight excluding hydrogens is 356 g/mol. The van der Waals surface area contributed by atoms with Gasteiger partial charge in [0.05, 0.1) is 10.7 Å². The molecule has 0 bridgehead atoms. The SMILES string of the molecule is C#CC(C)Oc1cc(-n2c(Cl)c(C(C)(C)C)oc2=O)c(F)cc1Cl. The first-order valence-electron chi connectivity index (χ1n) is 7.10. The van der Waals surface area contributed by atoms with Crippen molar-refractivity contribution in [1.29, 1.82) is 0 Å². The van der Waals surface area contributed by atoms with Gasteiger partial charge in [0.1, 0.15) is 11.6 Å². The largest absolute Gasteiger partial charge is 0.476 e. The van der Waals surface area contributed by atoms with Crippen LogP contribution in [-0.4, -0.2) is 10.7 Å². The number of hydrogen-bond acceptors (Lipinski definition) is 3. The molecule has 0 aliphatic carbocycles. The molecule has 0 saturated heterocycles. The maximum Gasteiger partial charge on any atom is 0.425 e. The van der Waals surface area contributed by atoms with Crippen LogP contribution in [0, 0.1) is 18.2 Å². The summed E-state index contributed by atoms with van der Waals surface area (Å²) in [5, 5.41) is 0.0201. The number of halogens is 3. The van der Waals surface area contributed by atoms with Crippen molar-refractivity contribution in [3.05, 3.63) is 44.4 Å². The summed E-state index contributed by atoms with van der Waals surface area (Å²) in [6.07, 6.45) is 4.68. The van der Waals surface area contributed by atoms with E-state index in [9.17, 15) is 9.18 Å². The Morgan fingerprint density at radius 3 is 2.50 bits per heavy atom. The van der Waals surface area contributed by atoms with Crippen LogP contribution in [-0.2, 0) is 5.41 Å². The van der Waals surface area contributed by atoms with Gasteiger partial charge >= 0.3 is 5.76 Å². The van der Waals surface area contributed by atoms with Crippen LogP contribution in [0.4, 0.5) is 4.39 Å². The van der Waals surface area contributed by atoms with Gasteiger partial charge in [-0.15, -0.1) is 6.42 Å². The molecule has 2 aromatic rings. The minimum Gasteiger partial charge on any atom is -0.476 e. The Morgan fingerprint density at radius 1 is 1.38 bits per heavy atom. The van der Waals surface area contributed by atoms with Gasteiger partial charge in [-0.1, -0.05) is 49.9 Å². The zero-order valence-corrected chi connectivity index (χ0v) is 15.1. The summed E-state index contributed by atoms with van der Waals surface area (Å²) in [4.78, 5) is 12.2. The third-order valence-corrected chi connectivity index (χ3v) is 3.85. The van der Waals surface area contributed by atoms with Gasteiger partial charge in [0.15, 0.2) is 17.0 Å². The topological polar surface area (TPSA) is 44.4 Å². The molecule has 1 atom stereocenters. The highest BCUT2D eigenvalue weighted by Crippen LogP contribution is 2.34. The molecule has 0 radical (unpaired) electrons. The molecule has 0 aliphatic rings. The molecule has 0 spiro atoms. The molecule has 0 fully saturated rings. The van der Waals surface area contributed by atoms with E-state index in [4.69, 9.17) is 38.8 Å². The summed E-state index contributed by atoms with van der Waals surface area (Å²) >= 11 is 12.2. The average Bonchev–Trinajstić information content (AvgIpc) is 2.77. The molecule has 4 nitrogen and oxygen atoms in total. The number of benzene rings is 1. The van der Waals surface area contributed by atoms with Crippen molar-refractivity contribution >= 4 is 23.2 Å². The molecule has 128 valence electrons. The number of nitrogens with zero attached hydrogens (tertiary/aromatic N) is 1. The number of ether oxygens (including phenoxy) is 1. The second-order valence-corrected chi connectivity index (χ2v) is 7.00. The Balaban J connectivity index is 2.66. The summed E-state index contributed by atoms with van der Waals surface area (Å²) in [7, 11) is 0. The van der Waals surface area contributed by atoms with E-state index in [1.165, 1.54) is 6.07 Å². The van der Waals surface area contributed by atoms with E-state index in [2.05, 4.69) is 5.92 Å². The monoisotopic (exact) mass is 371 g/mol. The highest BCUT2D eigenvalue weighted by molar-refractivity contribution is 6.32. The van der Waals surface area contributed by atoms with Gasteiger partial charge in [-0.3, -0.25) is 0 Å². The van der Waals surface area contributed by atoms with E-state index < -0.39 is 23.1 Å². The average molecular weight is 372 g/mol. The van der Waals surface area contributed by atoms with Crippen molar-refractivity contribution < 1.29 is 13.5 Å². The van der Waals surface area contributed by atoms with E-state index in [1.807, 2.05) is 20.8 Å². The Morgan fingerprint density at radius 2 is 2.00 bits per heavy atom. The molecule has 7 heteroatoms. The van der Waals surface area contributed by atoms with Crippen LogP contribution in [0.3, 0.4) is 0 Å². The van der Waals surface area contributed by atoms with Gasteiger partial charge < -0.3 is 9.15 Å². The molecule has 1 heterocycles. The lowest BCUT2D eigenvalue weighted by atomic mass is 9.94. The summed E-state index contributed by atoms with van der Waals surface area (Å²) in [6, 6.07) is 2.29. The molecule has 24 heavy (non-hydrogen) atoms. The van der Waals surface area contributed by atoms with E-state index in [-0.39, 0.29) is 27.4 Å². The third-order valence-electron chi connectivity index (χ3n) is 3.22. The smallest absolute Gasteiger partial charge is 0.425 e. The van der Waals surface area contributed by atoms with E-state index in [0.29, 0.717) is 0 Å². The number of aromatic nitrogens is 1. The Bertz CT molecular complexity index is 872. The van der Waals surface area contributed by atoms with Crippen LogP contribution >= 0.6 is 23.2 Å². The van der Waals surface area contributed by atoms with Crippen LogP contribution in [0.2, 0.25) is 10.2 Å². The molecule has 0 aliphatic heterocycles. The first-order chi connectivity index (χ1) is 11.1. The highest BCUT2D eigenvalue weighted by atomic mass is 35.5. The third kappa shape index (κ3) is 3.45. The van der Waals surface area contributed by atoms with Crippen LogP contribution in [0.1, 0.15) is 33.5 Å². The second-order valence-electron chi connectivity index (χ2n) is 6.23. The van der Waals surface area contributed by atoms with Crippen LogP contribution in [0.5, 0.6) is 5.75 Å². The molecule has 1 aromatic carbocycles. The zero-order valence-electron chi connectivity index (χ0n) is 13.6. The maximum atomic E-state index is 14.4. The minimum atomic E-state index is -0.804. The fourth-order valence-corrected chi connectivity index (χ4v) is 2.70. The molecule has 0 saturated carbocycles. The van der Waals surface area contributed by atoms with Crippen LogP contribution < -0.4 is 10.5 Å². The molecule has 2 rings (SSSR count). The first kappa shape index (κ1) is 18.4. The standard InChI is InChI=1S/C17H16Cl2FNO3/c1-6-9(2)23-13-8-12(11(20)7-10(13)18)21-15(19)14(17(3,4)5)24-16(21)22/h1,7-9H,2-5H3. The fraction of sp³-hybridized carbons (Fsp3) is 0.353. The fourth-order valence-electron chi connectivity index (χ4n) is 2.03. The normalized spacial score (nSPS) is 12.8. The van der Waals surface area contributed by atoms with Crippen molar-refractivity contribution in [3.63, 3.8) is 0 Å². The first-order valence-corrected chi connectivity index (χ1v) is 7.86. The summed E-state index contributed by atoms with van der Waals surface area (Å²) < 4.78 is 25.9. The molecular formula is C17H16Cl2FNO3. The second kappa shape index (κ2) is 6.54. The van der Waals surface area contributed by atoms with Gasteiger partial charge in [0.25, 0.3) is 0 Å². The van der Waals surface area contributed by atoms with Crippen molar-refractivity contribution in [1.82, 2.24) is 4.57 Å². The van der Waals surface area contributed by atoms with Gasteiger partial charge in [-0.2, -0.15) is 0 Å². The number of hydrogen-bond donors (Lipinski definition) is 0. The highest BCUT2D eigenvalue weighted by Gasteiger charge is 2.28. The van der Waals surface area contributed by atoms with E-state index in [0.717, 1.165) is 10.6 Å². The predicted molar refractivity (Wildman–Crippen MR) is 91.9 cm³/mol. The lowest BCUT2D eigenvalue weighted by molar-refractivity contribution is 0.278. The molecule has 0 N–H and O–H groups in total. The van der Waals surface area contributed by atoms with Crippen molar-refractivity contribution in [2.45, 2.75) is 39.2 Å². The molecule has 0 amide bonds. The van der Waals surface area contributed by atoms with E-state index >= 15 is 0 Å². The number of terminal acetylenes is 1. The number of oxazole rings is 1. The number of rotatable bonds is 3. The van der Waals surface area contributed by atoms with Crippen molar-refractivity contribution in [3.8, 4) is 23.8 Å². The Labute approximate surface area is 149 Å². The minimum absolute atomic E-state index is 0.00956. The van der Waals surface area contributed by atoms with Gasteiger partial charge in [0.2, 0.25) is 0 Å². The van der Waals surface area contributed by atoms with Crippen LogP contribution in [0.15, 0.2) is 21.3 Å². The quantitative estimate of drug-likeness (QED) is 0.742. The Hall–Kier alpha value is -1.90. The Kier molecular flexibility index (Phi) is 5.03. The zero-order chi connectivity index (χ0) is 18.2. The van der Waals surface area contributed by atoms with E-state index in [1.54, 1.807) is 6.92 Å². The predicted octanol–water partition coefficient (Wildman–Crippen LogP) is 4.57. The van der Waals surface area contributed by atoms with Gasteiger partial charge in [-0.25, -0.2) is 13.8 Å². The van der Waals surface area contributed by atoms with Gasteiger partial charge in [0, 0.05) is 11.5 Å². The lowest BCUT2D eigenvalue weighted by Crippen LogP contribution is -2.15. The summed E-state index contributed by atoms with van der Waals surface area (Å²) in [5.41, 5.74) is -0.658. The maximum absolute atomic E-state index is 14.4. The van der Waals surface area contributed by atoms with Crippen molar-refractivity contribution in [2.75, 3.05) is 0 Å².